The Kier molecular flexibility index (Phi) is 7.13. The summed E-state index contributed by atoms with van der Waals surface area (Å²) in [7, 11) is 0. The van der Waals surface area contributed by atoms with Crippen molar-refractivity contribution in [1.82, 2.24) is 15.3 Å². The van der Waals surface area contributed by atoms with Crippen molar-refractivity contribution in [3.8, 4) is 22.9 Å². The molecule has 3 aromatic rings. The summed E-state index contributed by atoms with van der Waals surface area (Å²) in [5, 5.41) is 7.11. The lowest BCUT2D eigenvalue weighted by Gasteiger charge is -2.23. The normalized spacial score (nSPS) is 18.7. The van der Waals surface area contributed by atoms with E-state index in [0.29, 0.717) is 60.6 Å². The van der Waals surface area contributed by atoms with Gasteiger partial charge in [0.15, 0.2) is 5.82 Å². The lowest BCUT2D eigenvalue weighted by molar-refractivity contribution is 0.176. The molecule has 11 heteroatoms. The molecule has 4 N–H and O–H groups in total. The van der Waals surface area contributed by atoms with Crippen LogP contribution >= 0.6 is 12.4 Å². The minimum absolute atomic E-state index is 0. The largest absolute Gasteiger partial charge is 0.474 e. The Morgan fingerprint density at radius 2 is 2.11 bits per heavy atom. The van der Waals surface area contributed by atoms with Gasteiger partial charge in [-0.1, -0.05) is 13.8 Å². The molecule has 1 saturated heterocycles. The minimum atomic E-state index is -0.622. The number of pyridine rings is 2. The first kappa shape index (κ1) is 24.7. The first-order chi connectivity index (χ1) is 16.5. The Labute approximate surface area is 208 Å². The van der Waals surface area contributed by atoms with Crippen molar-refractivity contribution in [3.63, 3.8) is 0 Å². The molecule has 0 spiro atoms. The predicted octanol–water partition coefficient (Wildman–Crippen LogP) is 3.93. The van der Waals surface area contributed by atoms with Crippen LogP contribution in [0.2, 0.25) is 0 Å². The summed E-state index contributed by atoms with van der Waals surface area (Å²) in [6, 6.07) is 3.12. The molecule has 1 fully saturated rings. The van der Waals surface area contributed by atoms with E-state index < -0.39 is 11.9 Å². The first-order valence-corrected chi connectivity index (χ1v) is 11.3. The molecule has 4 heterocycles. The number of halogens is 2. The van der Waals surface area contributed by atoms with E-state index in [4.69, 9.17) is 19.9 Å². The Hall–Kier alpha value is -3.37. The smallest absolute Gasteiger partial charge is 0.414 e. The molecule has 5 rings (SSSR count). The number of rotatable bonds is 4. The molecule has 0 aliphatic carbocycles. The third-order valence-electron chi connectivity index (χ3n) is 6.28. The van der Waals surface area contributed by atoms with E-state index in [1.165, 1.54) is 6.20 Å². The molecule has 2 aromatic heterocycles. The van der Waals surface area contributed by atoms with Gasteiger partial charge in [-0.2, -0.15) is 0 Å². The molecule has 0 radical (unpaired) electrons. The van der Waals surface area contributed by atoms with Gasteiger partial charge in [0.2, 0.25) is 11.8 Å². The average molecular weight is 504 g/mol. The fraction of sp³-hybridized carbons (Fsp3) is 0.375. The number of hydrogen-bond donors (Lipinski definition) is 3. The zero-order valence-corrected chi connectivity index (χ0v) is 20.2. The highest BCUT2D eigenvalue weighted by molar-refractivity contribution is 5.98. The Bertz CT molecular complexity index is 1270. The van der Waals surface area contributed by atoms with Crippen LogP contribution in [-0.4, -0.2) is 48.5 Å². The molecular formula is C24H27ClFN5O4. The van der Waals surface area contributed by atoms with Crippen LogP contribution in [0.25, 0.3) is 21.9 Å². The predicted molar refractivity (Wildman–Crippen MR) is 133 cm³/mol. The van der Waals surface area contributed by atoms with Crippen molar-refractivity contribution in [2.24, 2.45) is 5.92 Å². The fourth-order valence-corrected chi connectivity index (χ4v) is 4.39. The lowest BCUT2D eigenvalue weighted by atomic mass is 9.95. The van der Waals surface area contributed by atoms with Crippen LogP contribution in [0, 0.1) is 11.7 Å². The van der Waals surface area contributed by atoms with Gasteiger partial charge in [0, 0.05) is 47.4 Å². The molecule has 0 saturated carbocycles. The van der Waals surface area contributed by atoms with Crippen LogP contribution in [-0.2, 0) is 11.2 Å². The van der Waals surface area contributed by atoms with E-state index in [2.05, 4.69) is 20.6 Å². The van der Waals surface area contributed by atoms with E-state index >= 15 is 4.39 Å². The van der Waals surface area contributed by atoms with E-state index in [1.54, 1.807) is 18.3 Å². The van der Waals surface area contributed by atoms with Crippen LogP contribution in [0.15, 0.2) is 24.5 Å². The SMILES string of the molecule is CCc1c(-c2cc3cc(OC(=O)NC4COCC4C)ncc3c(N)c2F)cnc2c1NCCO2.Cl. The summed E-state index contributed by atoms with van der Waals surface area (Å²) in [6.07, 6.45) is 3.03. The van der Waals surface area contributed by atoms with Crippen LogP contribution in [0.4, 0.5) is 20.6 Å². The fourth-order valence-electron chi connectivity index (χ4n) is 4.39. The maximum absolute atomic E-state index is 15.4. The molecule has 2 aliphatic rings. The Morgan fingerprint density at radius 1 is 1.29 bits per heavy atom. The van der Waals surface area contributed by atoms with Gasteiger partial charge in [-0.25, -0.2) is 19.2 Å². The number of amides is 1. The highest BCUT2D eigenvalue weighted by Crippen LogP contribution is 2.40. The third-order valence-corrected chi connectivity index (χ3v) is 6.28. The van der Waals surface area contributed by atoms with Gasteiger partial charge in [-0.3, -0.25) is 0 Å². The highest BCUT2D eigenvalue weighted by atomic mass is 35.5. The van der Waals surface area contributed by atoms with E-state index in [1.807, 2.05) is 13.8 Å². The number of benzene rings is 1. The van der Waals surface area contributed by atoms with Crippen molar-refractivity contribution in [1.29, 1.82) is 0 Å². The first-order valence-electron chi connectivity index (χ1n) is 11.3. The maximum Gasteiger partial charge on any atom is 0.414 e. The van der Waals surface area contributed by atoms with Gasteiger partial charge in [0.25, 0.3) is 0 Å². The summed E-state index contributed by atoms with van der Waals surface area (Å²) in [5.74, 6) is 0.237. The monoisotopic (exact) mass is 503 g/mol. The molecule has 0 bridgehead atoms. The van der Waals surface area contributed by atoms with Crippen molar-refractivity contribution >= 4 is 40.6 Å². The van der Waals surface area contributed by atoms with Gasteiger partial charge in [0.05, 0.1) is 24.9 Å². The number of nitrogens with two attached hydrogens (primary N) is 1. The second kappa shape index (κ2) is 10.1. The van der Waals surface area contributed by atoms with Crippen molar-refractivity contribution in [2.75, 3.05) is 37.4 Å². The summed E-state index contributed by atoms with van der Waals surface area (Å²) in [5.41, 5.74) is 8.71. The maximum atomic E-state index is 15.4. The van der Waals surface area contributed by atoms with E-state index in [-0.39, 0.29) is 35.9 Å². The molecule has 9 nitrogen and oxygen atoms in total. The van der Waals surface area contributed by atoms with Gasteiger partial charge in [-0.15, -0.1) is 12.4 Å². The molecule has 2 aliphatic heterocycles. The van der Waals surface area contributed by atoms with Crippen molar-refractivity contribution in [2.45, 2.75) is 26.3 Å². The standard InChI is InChI=1S/C24H26FN5O4.ClH/c1-3-14-17(9-29-23-22(14)27-4-5-33-23)15-6-13-7-19(28-8-16(13)21(26)20(15)25)34-24(31)30-18-11-32-10-12(18)2;/h6-9,12,18,27H,3-5,10-11,26H2,1-2H3,(H,30,31);1H. The van der Waals surface area contributed by atoms with Crippen molar-refractivity contribution < 1.29 is 23.4 Å². The van der Waals surface area contributed by atoms with Crippen LogP contribution in [0.5, 0.6) is 11.8 Å². The lowest BCUT2D eigenvalue weighted by Crippen LogP contribution is -2.40. The quantitative estimate of drug-likeness (QED) is 0.458. The minimum Gasteiger partial charge on any atom is -0.474 e. The molecule has 1 amide bonds. The molecule has 186 valence electrons. The second-order valence-corrected chi connectivity index (χ2v) is 8.51. The summed E-state index contributed by atoms with van der Waals surface area (Å²) >= 11 is 0. The Balaban J connectivity index is 0.00000289. The molecule has 2 atom stereocenters. The van der Waals surface area contributed by atoms with Crippen LogP contribution in [0.3, 0.4) is 0 Å². The third kappa shape index (κ3) is 4.63. The number of nitrogens with zero attached hydrogens (tertiary/aromatic N) is 2. The second-order valence-electron chi connectivity index (χ2n) is 8.51. The van der Waals surface area contributed by atoms with E-state index in [9.17, 15) is 4.79 Å². The number of ether oxygens (including phenoxy) is 3. The van der Waals surface area contributed by atoms with Crippen LogP contribution < -0.4 is 25.8 Å². The van der Waals surface area contributed by atoms with E-state index in [0.717, 1.165) is 11.3 Å². The molecule has 1 aromatic carbocycles. The Morgan fingerprint density at radius 3 is 2.86 bits per heavy atom. The molecule has 35 heavy (non-hydrogen) atoms. The number of carbonyl (C=O) groups is 1. The summed E-state index contributed by atoms with van der Waals surface area (Å²) in [4.78, 5) is 20.8. The summed E-state index contributed by atoms with van der Waals surface area (Å²) in [6.45, 7) is 6.18. The highest BCUT2D eigenvalue weighted by Gasteiger charge is 2.27. The molecule has 2 unspecified atom stereocenters. The number of hydrogen-bond acceptors (Lipinski definition) is 8. The van der Waals surface area contributed by atoms with Crippen molar-refractivity contribution in [3.05, 3.63) is 35.9 Å². The number of fused-ring (bicyclic) bond motifs is 2. The molecular weight excluding hydrogens is 477 g/mol. The van der Waals surface area contributed by atoms with Gasteiger partial charge >= 0.3 is 6.09 Å². The van der Waals surface area contributed by atoms with Gasteiger partial charge in [-0.05, 0) is 23.4 Å². The number of anilines is 2. The average Bonchev–Trinajstić information content (AvgIpc) is 3.24. The number of carbonyl (C=O) groups excluding carboxylic acids is 1. The topological polar surface area (TPSA) is 121 Å². The number of nitrogen functional groups attached to an aromatic ring is 1. The number of nitrogens with one attached hydrogen (secondary N) is 2. The van der Waals surface area contributed by atoms with Gasteiger partial charge in [0.1, 0.15) is 12.3 Å². The zero-order chi connectivity index (χ0) is 23.8. The summed E-state index contributed by atoms with van der Waals surface area (Å²) < 4.78 is 31.8. The zero-order valence-electron chi connectivity index (χ0n) is 19.4. The van der Waals surface area contributed by atoms with Crippen LogP contribution in [0.1, 0.15) is 19.4 Å². The number of aromatic nitrogens is 2. The van der Waals surface area contributed by atoms with Gasteiger partial charge < -0.3 is 30.6 Å².